The molecule has 2 aliphatic heterocycles. The molecule has 0 radical (unpaired) electrons. The van der Waals surface area contributed by atoms with Gasteiger partial charge in [0.25, 0.3) is 0 Å². The van der Waals surface area contributed by atoms with Crippen LogP contribution >= 0.6 is 12.4 Å². The Balaban J connectivity index is 0.00000461. The van der Waals surface area contributed by atoms with Crippen LogP contribution in [0.2, 0.25) is 0 Å². The molecule has 0 aliphatic carbocycles. The number of carbonyl (C=O) groups excluding carboxylic acids is 2. The van der Waals surface area contributed by atoms with Gasteiger partial charge in [-0.05, 0) is 75.0 Å². The average Bonchev–Trinajstić information content (AvgIpc) is 3.07. The first kappa shape index (κ1) is 33.5. The molecule has 3 aromatic rings. The Kier molecular flexibility index (Phi) is 11.2. The number of allylic oxidation sites excluding steroid dienone is 2. The van der Waals surface area contributed by atoms with Gasteiger partial charge in [-0.2, -0.15) is 5.26 Å². The number of carbonyl (C=O) groups is 2. The van der Waals surface area contributed by atoms with Gasteiger partial charge >= 0.3 is 11.9 Å². The zero-order valence-corrected chi connectivity index (χ0v) is 26.9. The van der Waals surface area contributed by atoms with E-state index in [-0.39, 0.29) is 24.4 Å². The number of ether oxygens (including phenoxy) is 2. The molecule has 1 N–H and O–H groups in total. The molecule has 0 saturated carbocycles. The van der Waals surface area contributed by atoms with Crippen LogP contribution in [0.4, 0.5) is 0 Å². The van der Waals surface area contributed by atoms with E-state index in [1.165, 1.54) is 18.2 Å². The highest BCUT2D eigenvalue weighted by molar-refractivity contribution is 5.99. The monoisotopic (exact) mass is 625 g/mol. The van der Waals surface area contributed by atoms with E-state index in [1.807, 2.05) is 6.07 Å². The molecule has 5 rings (SSSR count). The Morgan fingerprint density at radius 2 is 1.47 bits per heavy atom. The molecule has 45 heavy (non-hydrogen) atoms. The molecule has 2 heterocycles. The standard InChI is InChI=1S/C37H39N3O4.ClH/c1-26-32(35(41)43-3)34(29-13-10-12-28(24-29)25-38)33(27(2)39-26)36(42)44-23-11-20-40-21-18-37(19-22-40,30-14-6-4-7-15-30)31-16-8-5-9-17-31;/h4-10,12-17,24,34,39H,11,18-23H2,1-3H3;1H. The molecule has 7 nitrogen and oxygen atoms in total. The summed E-state index contributed by atoms with van der Waals surface area (Å²) in [4.78, 5) is 28.9. The van der Waals surface area contributed by atoms with Gasteiger partial charge in [-0.3, -0.25) is 0 Å². The van der Waals surface area contributed by atoms with Crippen molar-refractivity contribution in [1.29, 1.82) is 5.26 Å². The SMILES string of the molecule is COC(=O)C1=C(C)NC(C)=C(C(=O)OCCCN2CCC(c3ccccc3)(c3ccccc3)CC2)C1c1cccc(C#N)c1.Cl. The van der Waals surface area contributed by atoms with Crippen molar-refractivity contribution in [3.63, 3.8) is 0 Å². The number of esters is 2. The van der Waals surface area contributed by atoms with Gasteiger partial charge in [0.2, 0.25) is 0 Å². The van der Waals surface area contributed by atoms with Crippen molar-refractivity contribution in [3.05, 3.63) is 130 Å². The van der Waals surface area contributed by atoms with Crippen LogP contribution in [-0.2, 0) is 24.5 Å². The summed E-state index contributed by atoms with van der Waals surface area (Å²) < 4.78 is 10.9. The number of hydrogen-bond acceptors (Lipinski definition) is 7. The molecule has 0 spiro atoms. The summed E-state index contributed by atoms with van der Waals surface area (Å²) >= 11 is 0. The fourth-order valence-corrected chi connectivity index (χ4v) is 6.71. The normalized spacial score (nSPS) is 17.9. The predicted molar refractivity (Wildman–Crippen MR) is 177 cm³/mol. The lowest BCUT2D eigenvalue weighted by molar-refractivity contribution is -0.139. The van der Waals surface area contributed by atoms with E-state index in [4.69, 9.17) is 9.47 Å². The fraction of sp³-hybridized carbons (Fsp3) is 0.324. The van der Waals surface area contributed by atoms with Crippen LogP contribution < -0.4 is 5.32 Å². The number of methoxy groups -OCH3 is 1. The third kappa shape index (κ3) is 7.14. The molecule has 1 fully saturated rings. The first-order chi connectivity index (χ1) is 21.4. The summed E-state index contributed by atoms with van der Waals surface area (Å²) in [5.41, 5.74) is 5.69. The summed E-state index contributed by atoms with van der Waals surface area (Å²) in [6.45, 7) is 6.57. The van der Waals surface area contributed by atoms with Crippen LogP contribution in [0.3, 0.4) is 0 Å². The third-order valence-electron chi connectivity index (χ3n) is 8.95. The minimum Gasteiger partial charge on any atom is -0.466 e. The zero-order valence-electron chi connectivity index (χ0n) is 26.0. The van der Waals surface area contributed by atoms with Crippen molar-refractivity contribution in [2.24, 2.45) is 0 Å². The number of likely N-dealkylation sites (tertiary alicyclic amines) is 1. The van der Waals surface area contributed by atoms with Crippen molar-refractivity contribution >= 4 is 24.3 Å². The largest absolute Gasteiger partial charge is 0.466 e. The Bertz CT molecular complexity index is 1560. The van der Waals surface area contributed by atoms with Crippen LogP contribution in [0.1, 0.15) is 61.3 Å². The van der Waals surface area contributed by atoms with Gasteiger partial charge in [0, 0.05) is 23.4 Å². The molecule has 0 aromatic heterocycles. The molecule has 2 aliphatic rings. The lowest BCUT2D eigenvalue weighted by Crippen LogP contribution is -2.43. The number of piperidine rings is 1. The topological polar surface area (TPSA) is 91.7 Å². The van der Waals surface area contributed by atoms with E-state index >= 15 is 0 Å². The van der Waals surface area contributed by atoms with Crippen molar-refractivity contribution in [2.45, 2.75) is 44.4 Å². The Morgan fingerprint density at radius 3 is 2.02 bits per heavy atom. The van der Waals surface area contributed by atoms with Crippen molar-refractivity contribution in [2.75, 3.05) is 33.4 Å². The van der Waals surface area contributed by atoms with Crippen molar-refractivity contribution < 1.29 is 19.1 Å². The highest BCUT2D eigenvalue weighted by Gasteiger charge is 2.39. The van der Waals surface area contributed by atoms with Gasteiger partial charge in [-0.1, -0.05) is 72.8 Å². The van der Waals surface area contributed by atoms with E-state index in [2.05, 4.69) is 76.9 Å². The summed E-state index contributed by atoms with van der Waals surface area (Å²) in [7, 11) is 1.32. The van der Waals surface area contributed by atoms with E-state index < -0.39 is 17.9 Å². The summed E-state index contributed by atoms with van der Waals surface area (Å²) in [5, 5.41) is 12.6. The third-order valence-corrected chi connectivity index (χ3v) is 8.95. The number of rotatable bonds is 9. The van der Waals surface area contributed by atoms with Gasteiger partial charge in [0.05, 0.1) is 42.4 Å². The van der Waals surface area contributed by atoms with Crippen molar-refractivity contribution in [1.82, 2.24) is 10.2 Å². The van der Waals surface area contributed by atoms with Gasteiger partial charge in [-0.15, -0.1) is 12.4 Å². The molecule has 234 valence electrons. The number of dihydropyridines is 1. The first-order valence-corrected chi connectivity index (χ1v) is 15.2. The van der Waals surface area contributed by atoms with E-state index in [9.17, 15) is 14.9 Å². The smallest absolute Gasteiger partial charge is 0.336 e. The number of nitrogens with zero attached hydrogens (tertiary/aromatic N) is 2. The summed E-state index contributed by atoms with van der Waals surface area (Å²) in [6.07, 6.45) is 2.73. The second-order valence-electron chi connectivity index (χ2n) is 11.5. The van der Waals surface area contributed by atoms with Gasteiger partial charge in [0.1, 0.15) is 0 Å². The van der Waals surface area contributed by atoms with Gasteiger partial charge in [-0.25, -0.2) is 9.59 Å². The highest BCUT2D eigenvalue weighted by atomic mass is 35.5. The predicted octanol–water partition coefficient (Wildman–Crippen LogP) is 6.40. The molecule has 8 heteroatoms. The second-order valence-corrected chi connectivity index (χ2v) is 11.5. The molecular weight excluding hydrogens is 586 g/mol. The molecule has 1 unspecified atom stereocenters. The number of nitrogens with one attached hydrogen (secondary N) is 1. The summed E-state index contributed by atoms with van der Waals surface area (Å²) in [5.74, 6) is -1.73. The molecule has 3 aromatic carbocycles. The maximum absolute atomic E-state index is 13.6. The van der Waals surface area contributed by atoms with Gasteiger partial charge < -0.3 is 19.7 Å². The number of nitriles is 1. The van der Waals surface area contributed by atoms with Gasteiger partial charge in [0.15, 0.2) is 0 Å². The molecular formula is C37H40ClN3O4. The Morgan fingerprint density at radius 1 is 0.889 bits per heavy atom. The average molecular weight is 626 g/mol. The number of halogens is 1. The van der Waals surface area contributed by atoms with Crippen LogP contribution in [0, 0.1) is 11.3 Å². The summed E-state index contributed by atoms with van der Waals surface area (Å²) in [6, 6.07) is 30.7. The van der Waals surface area contributed by atoms with Crippen molar-refractivity contribution in [3.8, 4) is 6.07 Å². The van der Waals surface area contributed by atoms with E-state index in [0.29, 0.717) is 40.1 Å². The maximum Gasteiger partial charge on any atom is 0.336 e. The quantitative estimate of drug-likeness (QED) is 0.217. The van der Waals surface area contributed by atoms with E-state index in [0.717, 1.165) is 32.5 Å². The lowest BCUT2D eigenvalue weighted by atomic mass is 9.68. The zero-order chi connectivity index (χ0) is 31.1. The maximum atomic E-state index is 13.6. The highest BCUT2D eigenvalue weighted by Crippen LogP contribution is 2.42. The molecule has 0 amide bonds. The Hall–Kier alpha value is -4.38. The molecule has 0 bridgehead atoms. The van der Waals surface area contributed by atoms with E-state index in [1.54, 1.807) is 32.0 Å². The molecule has 1 atom stereocenters. The molecule has 1 saturated heterocycles. The first-order valence-electron chi connectivity index (χ1n) is 15.2. The van der Waals surface area contributed by atoms with Crippen LogP contribution in [0.15, 0.2) is 107 Å². The van der Waals surface area contributed by atoms with Crippen LogP contribution in [0.5, 0.6) is 0 Å². The Labute approximate surface area is 271 Å². The fourth-order valence-electron chi connectivity index (χ4n) is 6.71. The second kappa shape index (κ2) is 15.1. The lowest BCUT2D eigenvalue weighted by Gasteiger charge is -2.43. The minimum absolute atomic E-state index is 0. The minimum atomic E-state index is -0.712. The number of hydrogen-bond donors (Lipinski definition) is 1. The number of benzene rings is 3. The van der Waals surface area contributed by atoms with Crippen LogP contribution in [-0.4, -0.2) is 50.2 Å². The van der Waals surface area contributed by atoms with Crippen LogP contribution in [0.25, 0.3) is 0 Å².